The van der Waals surface area contributed by atoms with Gasteiger partial charge in [-0.25, -0.2) is 0 Å². The van der Waals surface area contributed by atoms with E-state index in [2.05, 4.69) is 20.8 Å². The fourth-order valence-corrected chi connectivity index (χ4v) is 4.18. The number of anilines is 1. The van der Waals surface area contributed by atoms with Crippen LogP contribution in [0.5, 0.6) is 5.75 Å². The fraction of sp³-hybridized carbons (Fsp3) is 0.474. The van der Waals surface area contributed by atoms with Crippen molar-refractivity contribution < 1.29 is 14.3 Å². The van der Waals surface area contributed by atoms with E-state index in [1.54, 1.807) is 18.2 Å². The average Bonchev–Trinajstić information content (AvgIpc) is 2.85. The predicted octanol–water partition coefficient (Wildman–Crippen LogP) is 3.98. The van der Waals surface area contributed by atoms with Crippen LogP contribution in [-0.2, 0) is 9.59 Å². The molecule has 2 N–H and O–H groups in total. The minimum Gasteiger partial charge on any atom is -0.495 e. The molecule has 1 saturated carbocycles. The first-order chi connectivity index (χ1) is 13.5. The standard InChI is InChI=1S/C19H23ClN4O3S/c1-27-15-9-8-12(20)10-14(15)21-17(25)11-16-18(26)22-19(28-16)24-23-13-6-4-2-3-5-7-13/h8-10,16H,2-7,11H2,1H3,(H,21,25)(H,22,24,26)/t16-/m0/s1. The number of thioether (sulfide) groups is 1. The minimum absolute atomic E-state index is 0.0156. The third kappa shape index (κ3) is 5.72. The highest BCUT2D eigenvalue weighted by atomic mass is 35.5. The number of ether oxygens (including phenoxy) is 1. The lowest BCUT2D eigenvalue weighted by molar-refractivity contribution is -0.122. The maximum Gasteiger partial charge on any atom is 0.240 e. The van der Waals surface area contributed by atoms with Crippen molar-refractivity contribution >= 4 is 51.7 Å². The lowest BCUT2D eigenvalue weighted by Crippen LogP contribution is -2.28. The highest BCUT2D eigenvalue weighted by Gasteiger charge is 2.32. The van der Waals surface area contributed by atoms with Crippen LogP contribution in [0.15, 0.2) is 28.4 Å². The molecule has 1 saturated heterocycles. The molecule has 2 fully saturated rings. The zero-order chi connectivity index (χ0) is 19.9. The number of amides is 2. The quantitative estimate of drug-likeness (QED) is 0.554. The minimum atomic E-state index is -0.543. The molecule has 1 heterocycles. The van der Waals surface area contributed by atoms with Gasteiger partial charge >= 0.3 is 0 Å². The van der Waals surface area contributed by atoms with Crippen LogP contribution in [0.25, 0.3) is 0 Å². The number of carbonyl (C=O) groups is 2. The van der Waals surface area contributed by atoms with Crippen molar-refractivity contribution in [3.05, 3.63) is 23.2 Å². The third-order valence-electron chi connectivity index (χ3n) is 4.55. The van der Waals surface area contributed by atoms with Crippen molar-refractivity contribution in [2.24, 2.45) is 10.2 Å². The molecule has 3 rings (SSSR count). The molecule has 1 aromatic carbocycles. The van der Waals surface area contributed by atoms with E-state index >= 15 is 0 Å². The van der Waals surface area contributed by atoms with Gasteiger partial charge in [-0.3, -0.25) is 9.59 Å². The molecule has 0 radical (unpaired) electrons. The monoisotopic (exact) mass is 422 g/mol. The second-order valence-corrected chi connectivity index (χ2v) is 8.31. The number of carbonyl (C=O) groups excluding carboxylic acids is 2. The Morgan fingerprint density at radius 3 is 2.75 bits per heavy atom. The molecule has 0 aromatic heterocycles. The van der Waals surface area contributed by atoms with Gasteiger partial charge in [0.15, 0.2) is 5.17 Å². The van der Waals surface area contributed by atoms with E-state index in [1.807, 2.05) is 0 Å². The first-order valence-electron chi connectivity index (χ1n) is 9.29. The topological polar surface area (TPSA) is 92.2 Å². The van der Waals surface area contributed by atoms with E-state index in [0.717, 1.165) is 31.4 Å². The van der Waals surface area contributed by atoms with E-state index in [4.69, 9.17) is 16.3 Å². The van der Waals surface area contributed by atoms with Crippen molar-refractivity contribution in [2.75, 3.05) is 12.4 Å². The van der Waals surface area contributed by atoms with Gasteiger partial charge < -0.3 is 15.4 Å². The van der Waals surface area contributed by atoms with Crippen molar-refractivity contribution in [1.29, 1.82) is 0 Å². The van der Waals surface area contributed by atoms with Crippen LogP contribution in [0.2, 0.25) is 5.02 Å². The first kappa shape index (κ1) is 20.7. The maximum atomic E-state index is 12.4. The van der Waals surface area contributed by atoms with Crippen LogP contribution in [0.3, 0.4) is 0 Å². The number of nitrogens with zero attached hydrogens (tertiary/aromatic N) is 2. The number of methoxy groups -OCH3 is 1. The molecular formula is C19H23ClN4O3S. The Bertz CT molecular complexity index is 802. The van der Waals surface area contributed by atoms with Gasteiger partial charge in [-0.15, -0.1) is 5.10 Å². The zero-order valence-corrected chi connectivity index (χ0v) is 17.2. The lowest BCUT2D eigenvalue weighted by Gasteiger charge is -2.11. The van der Waals surface area contributed by atoms with Gasteiger partial charge in [0.2, 0.25) is 11.8 Å². The molecule has 9 heteroatoms. The van der Waals surface area contributed by atoms with E-state index in [0.29, 0.717) is 21.6 Å². The molecule has 1 aliphatic heterocycles. The number of amidine groups is 1. The Kier molecular flexibility index (Phi) is 7.33. The molecule has 2 aliphatic rings. The van der Waals surface area contributed by atoms with Crippen LogP contribution in [0, 0.1) is 0 Å². The van der Waals surface area contributed by atoms with Gasteiger partial charge in [-0.05, 0) is 43.9 Å². The second-order valence-electron chi connectivity index (χ2n) is 6.68. The van der Waals surface area contributed by atoms with Crippen molar-refractivity contribution in [3.8, 4) is 5.75 Å². The third-order valence-corrected chi connectivity index (χ3v) is 5.85. The molecule has 1 aliphatic carbocycles. The van der Waals surface area contributed by atoms with Crippen LogP contribution in [0.4, 0.5) is 5.69 Å². The van der Waals surface area contributed by atoms with Gasteiger partial charge in [-0.2, -0.15) is 5.10 Å². The highest BCUT2D eigenvalue weighted by Crippen LogP contribution is 2.29. The smallest absolute Gasteiger partial charge is 0.240 e. The van der Waals surface area contributed by atoms with Crippen LogP contribution in [0.1, 0.15) is 44.9 Å². The Labute approximate surface area is 173 Å². The summed E-state index contributed by atoms with van der Waals surface area (Å²) in [4.78, 5) is 24.5. The molecule has 7 nitrogen and oxygen atoms in total. The number of halogens is 1. The summed E-state index contributed by atoms with van der Waals surface area (Å²) in [7, 11) is 1.51. The zero-order valence-electron chi connectivity index (χ0n) is 15.7. The number of rotatable bonds is 5. The van der Waals surface area contributed by atoms with Crippen LogP contribution >= 0.6 is 23.4 Å². The normalized spacial score (nSPS) is 21.2. The van der Waals surface area contributed by atoms with Gasteiger partial charge in [-0.1, -0.05) is 36.2 Å². The molecule has 1 atom stereocenters. The van der Waals surface area contributed by atoms with E-state index < -0.39 is 5.25 Å². The number of benzene rings is 1. The largest absolute Gasteiger partial charge is 0.495 e. The molecule has 2 amide bonds. The summed E-state index contributed by atoms with van der Waals surface area (Å²) in [6.07, 6.45) is 6.68. The number of nitrogens with one attached hydrogen (secondary N) is 2. The van der Waals surface area contributed by atoms with E-state index in [-0.39, 0.29) is 18.2 Å². The summed E-state index contributed by atoms with van der Waals surface area (Å²) in [5.41, 5.74) is 1.55. The van der Waals surface area contributed by atoms with Crippen molar-refractivity contribution in [2.45, 2.75) is 50.2 Å². The lowest BCUT2D eigenvalue weighted by atomic mass is 10.2. The first-order valence-corrected chi connectivity index (χ1v) is 10.5. The van der Waals surface area contributed by atoms with Crippen LogP contribution < -0.4 is 15.4 Å². The Morgan fingerprint density at radius 1 is 1.29 bits per heavy atom. The Balaban J connectivity index is 1.58. The highest BCUT2D eigenvalue weighted by molar-refractivity contribution is 8.15. The summed E-state index contributed by atoms with van der Waals surface area (Å²) in [5, 5.41) is 14.3. The summed E-state index contributed by atoms with van der Waals surface area (Å²) in [5.74, 6) is -0.0367. The molecule has 0 bridgehead atoms. The Morgan fingerprint density at radius 2 is 2.04 bits per heavy atom. The van der Waals surface area contributed by atoms with Crippen molar-refractivity contribution in [3.63, 3.8) is 0 Å². The molecule has 0 unspecified atom stereocenters. The number of hydrogen-bond acceptors (Lipinski definition) is 6. The Hall–Kier alpha value is -2.06. The number of hydrogen-bond donors (Lipinski definition) is 2. The van der Waals surface area contributed by atoms with Crippen molar-refractivity contribution in [1.82, 2.24) is 5.32 Å². The maximum absolute atomic E-state index is 12.4. The van der Waals surface area contributed by atoms with Crippen LogP contribution in [-0.4, -0.2) is 35.1 Å². The van der Waals surface area contributed by atoms with Gasteiger partial charge in [0.1, 0.15) is 11.0 Å². The van der Waals surface area contributed by atoms with Gasteiger partial charge in [0, 0.05) is 17.2 Å². The van der Waals surface area contributed by atoms with Gasteiger partial charge in [0.25, 0.3) is 0 Å². The SMILES string of the molecule is COc1ccc(Cl)cc1NC(=O)C[C@@H]1S/C(=N/N=C2CCCCCC2)NC1=O. The molecule has 1 aromatic rings. The molecule has 28 heavy (non-hydrogen) atoms. The van der Waals surface area contributed by atoms with E-state index in [9.17, 15) is 9.59 Å². The van der Waals surface area contributed by atoms with E-state index in [1.165, 1.54) is 31.7 Å². The molecular weight excluding hydrogens is 400 g/mol. The van der Waals surface area contributed by atoms with Gasteiger partial charge in [0.05, 0.1) is 12.8 Å². The fourth-order valence-electron chi connectivity index (χ4n) is 3.09. The molecule has 0 spiro atoms. The predicted molar refractivity (Wildman–Crippen MR) is 113 cm³/mol. The summed E-state index contributed by atoms with van der Waals surface area (Å²) >= 11 is 7.20. The second kappa shape index (κ2) is 9.93. The summed E-state index contributed by atoms with van der Waals surface area (Å²) in [6.45, 7) is 0. The summed E-state index contributed by atoms with van der Waals surface area (Å²) < 4.78 is 5.22. The molecule has 150 valence electrons. The average molecular weight is 423 g/mol. The summed E-state index contributed by atoms with van der Waals surface area (Å²) in [6, 6.07) is 4.96.